The fourth-order valence-electron chi connectivity index (χ4n) is 1.25. The molecule has 0 bridgehead atoms. The van der Waals surface area contributed by atoms with E-state index in [1.807, 2.05) is 0 Å². The minimum atomic E-state index is -1.32. The van der Waals surface area contributed by atoms with Gasteiger partial charge in [0, 0.05) is 6.07 Å². The molecule has 6 nitrogen and oxygen atoms in total. The predicted octanol–water partition coefficient (Wildman–Crippen LogP) is 2.20. The van der Waals surface area contributed by atoms with Crippen LogP contribution in [0.25, 0.3) is 0 Å². The van der Waals surface area contributed by atoms with Gasteiger partial charge in [0.2, 0.25) is 5.82 Å². The number of nitro benzene ring substituents is 1. The first kappa shape index (κ1) is 14.8. The lowest BCUT2D eigenvalue weighted by atomic mass is 10.2. The second-order valence-corrected chi connectivity index (χ2v) is 3.50. The Labute approximate surface area is 107 Å². The number of benzene rings is 1. The fourth-order valence-corrected chi connectivity index (χ4v) is 1.25. The molecule has 0 N–H and O–H groups in total. The summed E-state index contributed by atoms with van der Waals surface area (Å²) in [4.78, 5) is 20.8. The Morgan fingerprint density at radius 1 is 1.42 bits per heavy atom. The largest absolute Gasteiger partial charge is 0.476 e. The molecule has 0 aromatic heterocycles. The van der Waals surface area contributed by atoms with Gasteiger partial charge in [-0.25, -0.2) is 9.18 Å². The number of nitro groups is 1. The molecular formula is C11H11F2NO5. The minimum absolute atomic E-state index is 0.110. The van der Waals surface area contributed by atoms with Gasteiger partial charge >= 0.3 is 11.7 Å². The Hall–Kier alpha value is -2.25. The summed E-state index contributed by atoms with van der Waals surface area (Å²) in [5.74, 6) is -3.81. The predicted molar refractivity (Wildman–Crippen MR) is 59.7 cm³/mol. The lowest BCUT2D eigenvalue weighted by molar-refractivity contribution is -0.387. The van der Waals surface area contributed by atoms with Crippen molar-refractivity contribution in [2.45, 2.75) is 20.0 Å². The van der Waals surface area contributed by atoms with Crippen molar-refractivity contribution in [2.75, 3.05) is 6.61 Å². The van der Waals surface area contributed by atoms with E-state index in [2.05, 4.69) is 4.74 Å². The Bertz CT molecular complexity index is 506. The highest BCUT2D eigenvalue weighted by Crippen LogP contribution is 2.27. The number of ether oxygens (including phenoxy) is 2. The average Bonchev–Trinajstić information content (AvgIpc) is 2.32. The van der Waals surface area contributed by atoms with Gasteiger partial charge < -0.3 is 9.47 Å². The van der Waals surface area contributed by atoms with Crippen molar-refractivity contribution in [1.82, 2.24) is 0 Å². The molecule has 8 heteroatoms. The highest BCUT2D eigenvalue weighted by Gasteiger charge is 2.23. The van der Waals surface area contributed by atoms with Crippen LogP contribution in [0.1, 0.15) is 13.8 Å². The maximum absolute atomic E-state index is 13.4. The van der Waals surface area contributed by atoms with Gasteiger partial charge in [0.15, 0.2) is 17.7 Å². The number of esters is 1. The lowest BCUT2D eigenvalue weighted by Gasteiger charge is -2.13. The smallest absolute Gasteiger partial charge is 0.347 e. The number of rotatable bonds is 5. The van der Waals surface area contributed by atoms with Gasteiger partial charge in [-0.2, -0.15) is 4.39 Å². The van der Waals surface area contributed by atoms with Crippen molar-refractivity contribution in [3.05, 3.63) is 33.9 Å². The standard InChI is InChI=1S/C11H11F2NO5/c1-3-18-11(15)6(2)19-10-5-9(14(16)17)7(12)4-8(10)13/h4-6H,3H2,1-2H3. The van der Waals surface area contributed by atoms with E-state index in [9.17, 15) is 23.7 Å². The van der Waals surface area contributed by atoms with Gasteiger partial charge in [-0.3, -0.25) is 10.1 Å². The molecule has 0 radical (unpaired) electrons. The number of hydrogen-bond acceptors (Lipinski definition) is 5. The zero-order chi connectivity index (χ0) is 14.6. The lowest BCUT2D eigenvalue weighted by Crippen LogP contribution is -2.26. The fraction of sp³-hybridized carbons (Fsp3) is 0.364. The first-order chi connectivity index (χ1) is 8.86. The van der Waals surface area contributed by atoms with Crippen LogP contribution in [0, 0.1) is 21.7 Å². The van der Waals surface area contributed by atoms with Crippen LogP contribution in [0.2, 0.25) is 0 Å². The van der Waals surface area contributed by atoms with E-state index in [4.69, 9.17) is 4.74 Å². The molecule has 0 heterocycles. The van der Waals surface area contributed by atoms with Crippen molar-refractivity contribution in [2.24, 2.45) is 0 Å². The highest BCUT2D eigenvalue weighted by molar-refractivity contribution is 5.74. The third-order valence-corrected chi connectivity index (χ3v) is 2.12. The Balaban J connectivity index is 2.98. The molecule has 1 unspecified atom stereocenters. The average molecular weight is 275 g/mol. The monoisotopic (exact) mass is 275 g/mol. The topological polar surface area (TPSA) is 78.7 Å². The summed E-state index contributed by atoms with van der Waals surface area (Å²) in [7, 11) is 0. The van der Waals surface area contributed by atoms with Gasteiger partial charge in [0.1, 0.15) is 0 Å². The first-order valence-corrected chi connectivity index (χ1v) is 5.33. The summed E-state index contributed by atoms with van der Waals surface area (Å²) in [5, 5.41) is 10.5. The molecule has 0 amide bonds. The van der Waals surface area contributed by atoms with E-state index in [0.717, 1.165) is 0 Å². The van der Waals surface area contributed by atoms with Crippen LogP contribution in [-0.4, -0.2) is 23.6 Å². The zero-order valence-corrected chi connectivity index (χ0v) is 10.2. The van der Waals surface area contributed by atoms with Gasteiger partial charge in [0.25, 0.3) is 0 Å². The molecule has 104 valence electrons. The molecule has 0 saturated carbocycles. The van der Waals surface area contributed by atoms with Crippen LogP contribution in [0.3, 0.4) is 0 Å². The van der Waals surface area contributed by atoms with Gasteiger partial charge in [-0.05, 0) is 13.8 Å². The normalized spacial score (nSPS) is 11.8. The zero-order valence-electron chi connectivity index (χ0n) is 10.2. The van der Waals surface area contributed by atoms with E-state index >= 15 is 0 Å². The molecule has 1 aromatic rings. The number of hydrogen-bond donors (Lipinski definition) is 0. The van der Waals surface area contributed by atoms with Gasteiger partial charge in [0.05, 0.1) is 17.6 Å². The van der Waals surface area contributed by atoms with E-state index < -0.39 is 40.1 Å². The maximum atomic E-state index is 13.4. The molecule has 0 spiro atoms. The number of carbonyl (C=O) groups is 1. The van der Waals surface area contributed by atoms with Gasteiger partial charge in [-0.15, -0.1) is 0 Å². The Morgan fingerprint density at radius 2 is 2.05 bits per heavy atom. The number of halogens is 2. The summed E-state index contributed by atoms with van der Waals surface area (Å²) in [5.41, 5.74) is -0.938. The van der Waals surface area contributed by atoms with Crippen molar-refractivity contribution in [3.63, 3.8) is 0 Å². The molecule has 0 saturated heterocycles. The third kappa shape index (κ3) is 3.60. The van der Waals surface area contributed by atoms with Crippen molar-refractivity contribution < 1.29 is 28.0 Å². The van der Waals surface area contributed by atoms with Crippen molar-refractivity contribution >= 4 is 11.7 Å². The quantitative estimate of drug-likeness (QED) is 0.467. The third-order valence-electron chi connectivity index (χ3n) is 2.12. The summed E-state index contributed by atoms with van der Waals surface area (Å²) in [6, 6.07) is 0.908. The van der Waals surface area contributed by atoms with Crippen LogP contribution >= 0.6 is 0 Å². The van der Waals surface area contributed by atoms with E-state index in [1.165, 1.54) is 6.92 Å². The van der Waals surface area contributed by atoms with E-state index in [0.29, 0.717) is 12.1 Å². The van der Waals surface area contributed by atoms with Crippen LogP contribution in [0.4, 0.5) is 14.5 Å². The van der Waals surface area contributed by atoms with E-state index in [1.54, 1.807) is 6.92 Å². The molecule has 1 atom stereocenters. The van der Waals surface area contributed by atoms with Crippen LogP contribution in [-0.2, 0) is 9.53 Å². The van der Waals surface area contributed by atoms with Crippen LogP contribution in [0.5, 0.6) is 5.75 Å². The Morgan fingerprint density at radius 3 is 2.58 bits per heavy atom. The maximum Gasteiger partial charge on any atom is 0.347 e. The second kappa shape index (κ2) is 6.07. The van der Waals surface area contributed by atoms with Gasteiger partial charge in [-0.1, -0.05) is 0 Å². The molecule has 0 aliphatic heterocycles. The minimum Gasteiger partial charge on any atom is -0.476 e. The van der Waals surface area contributed by atoms with Crippen LogP contribution < -0.4 is 4.74 Å². The number of nitrogens with zero attached hydrogens (tertiary/aromatic N) is 1. The Kier molecular flexibility index (Phi) is 4.74. The second-order valence-electron chi connectivity index (χ2n) is 3.50. The molecule has 0 fully saturated rings. The molecule has 0 aliphatic carbocycles. The molecule has 1 aromatic carbocycles. The van der Waals surface area contributed by atoms with Crippen molar-refractivity contribution in [1.29, 1.82) is 0 Å². The highest BCUT2D eigenvalue weighted by atomic mass is 19.1. The molecule has 0 aliphatic rings. The number of carbonyl (C=O) groups excluding carboxylic acids is 1. The summed E-state index contributed by atoms with van der Waals surface area (Å²) in [6.45, 7) is 2.97. The molecule has 1 rings (SSSR count). The first-order valence-electron chi connectivity index (χ1n) is 5.33. The van der Waals surface area contributed by atoms with E-state index in [-0.39, 0.29) is 6.61 Å². The summed E-state index contributed by atoms with van der Waals surface area (Å²) >= 11 is 0. The van der Waals surface area contributed by atoms with Crippen LogP contribution in [0.15, 0.2) is 12.1 Å². The molecule has 19 heavy (non-hydrogen) atoms. The summed E-state index contributed by atoms with van der Waals surface area (Å²) in [6.07, 6.45) is -1.17. The molecular weight excluding hydrogens is 264 g/mol. The summed E-state index contributed by atoms with van der Waals surface area (Å²) < 4.78 is 35.9. The SMILES string of the molecule is CCOC(=O)C(C)Oc1cc([N+](=O)[O-])c(F)cc1F. The van der Waals surface area contributed by atoms with Crippen molar-refractivity contribution in [3.8, 4) is 5.75 Å².